The Hall–Kier alpha value is -2.18. The van der Waals surface area contributed by atoms with Gasteiger partial charge in [-0.2, -0.15) is 5.43 Å². The van der Waals surface area contributed by atoms with E-state index in [1.54, 1.807) is 6.34 Å². The molecule has 3 rings (SSSR count). The summed E-state index contributed by atoms with van der Waals surface area (Å²) in [5.41, 5.74) is 4.60. The third kappa shape index (κ3) is 2.75. The molecule has 0 aliphatic heterocycles. The van der Waals surface area contributed by atoms with Crippen LogP contribution in [0.5, 0.6) is 0 Å². The van der Waals surface area contributed by atoms with Crippen LogP contribution in [-0.4, -0.2) is 34.7 Å². The second-order valence-electron chi connectivity index (χ2n) is 4.98. The van der Waals surface area contributed by atoms with Crippen LogP contribution in [0.25, 0.3) is 21.3 Å². The van der Waals surface area contributed by atoms with E-state index in [1.807, 2.05) is 48.3 Å². The van der Waals surface area contributed by atoms with Crippen LogP contribution in [0.1, 0.15) is 0 Å². The molecule has 0 saturated carbocycles. The number of nitrogens with zero attached hydrogens (tertiary/aromatic N) is 3. The van der Waals surface area contributed by atoms with E-state index in [-0.39, 0.29) is 5.56 Å². The molecule has 112 valence electrons. The van der Waals surface area contributed by atoms with Crippen molar-refractivity contribution in [2.75, 3.05) is 19.5 Å². The molecule has 0 fully saturated rings. The first kappa shape index (κ1) is 14.7. The maximum atomic E-state index is 12.7. The molecule has 0 atom stereocenters. The van der Waals surface area contributed by atoms with Crippen LogP contribution in [0.4, 0.5) is 0 Å². The molecule has 1 N–H and O–H groups in total. The molecule has 0 saturated heterocycles. The van der Waals surface area contributed by atoms with Gasteiger partial charge in [0.25, 0.3) is 11.9 Å². The van der Waals surface area contributed by atoms with E-state index in [4.69, 9.17) is 11.6 Å². The van der Waals surface area contributed by atoms with Gasteiger partial charge in [-0.15, -0.1) is 16.0 Å². The van der Waals surface area contributed by atoms with E-state index >= 15 is 0 Å². The zero-order valence-corrected chi connectivity index (χ0v) is 13.6. The Morgan fingerprint density at radius 1 is 1.32 bits per heavy atom. The molecular weight excluding hydrogens is 320 g/mol. The molecule has 0 radical (unpaired) electrons. The zero-order chi connectivity index (χ0) is 15.7. The molecule has 1 aromatic carbocycles. The molecule has 3 aromatic rings. The fourth-order valence-electron chi connectivity index (χ4n) is 2.04. The lowest BCUT2D eigenvalue weighted by Crippen LogP contribution is -2.30. The molecule has 7 heteroatoms. The minimum Gasteiger partial charge on any atom is -0.272 e. The van der Waals surface area contributed by atoms with Crippen LogP contribution in [0.3, 0.4) is 0 Å². The Kier molecular flexibility index (Phi) is 3.96. The van der Waals surface area contributed by atoms with Crippen molar-refractivity contribution in [2.24, 2.45) is 0 Å². The van der Waals surface area contributed by atoms with Gasteiger partial charge < -0.3 is 0 Å². The second kappa shape index (κ2) is 5.90. The average molecular weight is 334 g/mol. The van der Waals surface area contributed by atoms with Crippen LogP contribution in [0.2, 0.25) is 5.02 Å². The van der Waals surface area contributed by atoms with Gasteiger partial charge in [-0.05, 0) is 17.7 Å². The van der Waals surface area contributed by atoms with Crippen molar-refractivity contribution in [1.82, 2.24) is 9.66 Å². The summed E-state index contributed by atoms with van der Waals surface area (Å²) in [7, 11) is 3.74. The number of hydrogen-bond donors (Lipinski definition) is 1. The first-order valence-electron chi connectivity index (χ1n) is 6.57. The Bertz CT molecular complexity index is 907. The smallest absolute Gasteiger partial charge is 0.272 e. The number of thiophene rings is 1. The number of hydrogen-bond acceptors (Lipinski definition) is 3. The quantitative estimate of drug-likeness (QED) is 0.455. The van der Waals surface area contributed by atoms with Crippen molar-refractivity contribution in [3.8, 4) is 11.1 Å². The Morgan fingerprint density at radius 3 is 2.73 bits per heavy atom. The number of benzene rings is 1. The van der Waals surface area contributed by atoms with Gasteiger partial charge in [0.2, 0.25) is 0 Å². The van der Waals surface area contributed by atoms with Gasteiger partial charge in [-0.1, -0.05) is 23.7 Å². The van der Waals surface area contributed by atoms with Crippen LogP contribution in [-0.2, 0) is 0 Å². The number of rotatable bonds is 3. The van der Waals surface area contributed by atoms with Gasteiger partial charge in [0.05, 0.1) is 19.5 Å². The molecule has 2 aromatic heterocycles. The van der Waals surface area contributed by atoms with Crippen molar-refractivity contribution in [2.45, 2.75) is 0 Å². The molecule has 0 amide bonds. The topological polar surface area (TPSA) is 49.9 Å². The molecule has 0 aliphatic rings. The average Bonchev–Trinajstić information content (AvgIpc) is 2.92. The highest BCUT2D eigenvalue weighted by molar-refractivity contribution is 7.17. The highest BCUT2D eigenvalue weighted by Crippen LogP contribution is 2.31. The predicted molar refractivity (Wildman–Crippen MR) is 91.9 cm³/mol. The number of aromatic nitrogens is 2. The summed E-state index contributed by atoms with van der Waals surface area (Å²) >= 11 is 7.38. The maximum Gasteiger partial charge on any atom is 0.298 e. The minimum atomic E-state index is -0.130. The van der Waals surface area contributed by atoms with E-state index in [1.165, 1.54) is 22.3 Å². The van der Waals surface area contributed by atoms with Crippen molar-refractivity contribution in [3.05, 3.63) is 51.3 Å². The lowest BCUT2D eigenvalue weighted by atomic mass is 10.1. The Morgan fingerprint density at radius 2 is 2.05 bits per heavy atom. The molecular formula is C15H14ClN4OS+. The molecule has 0 aliphatic carbocycles. The molecule has 2 heterocycles. The van der Waals surface area contributed by atoms with Crippen molar-refractivity contribution < 1.29 is 4.58 Å². The fraction of sp³-hybridized carbons (Fsp3) is 0.133. The van der Waals surface area contributed by atoms with Crippen LogP contribution in [0, 0.1) is 0 Å². The largest absolute Gasteiger partial charge is 0.298 e. The summed E-state index contributed by atoms with van der Waals surface area (Å²) in [4.78, 5) is 17.7. The molecule has 0 bridgehead atoms. The molecule has 5 nitrogen and oxygen atoms in total. The van der Waals surface area contributed by atoms with Gasteiger partial charge in [-0.3, -0.25) is 9.37 Å². The summed E-state index contributed by atoms with van der Waals surface area (Å²) in [6.07, 6.45) is 3.18. The van der Waals surface area contributed by atoms with Crippen LogP contribution < -0.4 is 11.0 Å². The van der Waals surface area contributed by atoms with E-state index in [9.17, 15) is 4.79 Å². The first-order valence-corrected chi connectivity index (χ1v) is 7.83. The van der Waals surface area contributed by atoms with Gasteiger partial charge in [0, 0.05) is 16.0 Å². The summed E-state index contributed by atoms with van der Waals surface area (Å²) in [6, 6.07) is 7.43. The maximum absolute atomic E-state index is 12.7. The van der Waals surface area contributed by atoms with Gasteiger partial charge in [-0.25, -0.2) is 4.98 Å². The highest BCUT2D eigenvalue weighted by atomic mass is 35.5. The monoisotopic (exact) mass is 333 g/mol. The number of nitrogens with one attached hydrogen (secondary N) is 1. The number of halogens is 1. The minimum absolute atomic E-state index is 0.130. The van der Waals surface area contributed by atoms with Crippen molar-refractivity contribution in [1.29, 1.82) is 0 Å². The Balaban J connectivity index is 2.16. The van der Waals surface area contributed by atoms with E-state index in [0.717, 1.165) is 16.0 Å². The van der Waals surface area contributed by atoms with E-state index in [0.29, 0.717) is 10.4 Å². The van der Waals surface area contributed by atoms with Gasteiger partial charge >= 0.3 is 0 Å². The van der Waals surface area contributed by atoms with E-state index in [2.05, 4.69) is 10.4 Å². The van der Waals surface area contributed by atoms with Gasteiger partial charge in [0.15, 0.2) is 0 Å². The third-order valence-corrected chi connectivity index (χ3v) is 4.24. The molecule has 22 heavy (non-hydrogen) atoms. The Labute approximate surface area is 136 Å². The molecule has 0 spiro atoms. The van der Waals surface area contributed by atoms with Crippen LogP contribution in [0.15, 0.2) is 40.8 Å². The summed E-state index contributed by atoms with van der Waals surface area (Å²) in [6.45, 7) is 0. The standard InChI is InChI=1S/C15H13ClN4OS/c1-19(2)9-18-20-8-17-14-13(15(20)21)12(7-22-14)10-3-5-11(16)6-4-10/h3-9H,1-2H3/p+1. The third-order valence-electron chi connectivity index (χ3n) is 3.10. The normalized spacial score (nSPS) is 10.7. The lowest BCUT2D eigenvalue weighted by molar-refractivity contribution is -0.459. The zero-order valence-electron chi connectivity index (χ0n) is 12.1. The van der Waals surface area contributed by atoms with Crippen molar-refractivity contribution >= 4 is 39.5 Å². The van der Waals surface area contributed by atoms with Crippen LogP contribution >= 0.6 is 22.9 Å². The number of fused-ring (bicyclic) bond motifs is 1. The first-order chi connectivity index (χ1) is 10.6. The predicted octanol–water partition coefficient (Wildman–Crippen LogP) is 2.62. The lowest BCUT2D eigenvalue weighted by Gasteiger charge is -2.02. The second-order valence-corrected chi connectivity index (χ2v) is 6.27. The SMILES string of the molecule is C[N+](C)=CNn1cnc2scc(-c3ccc(Cl)cc3)c2c1=O. The summed E-state index contributed by atoms with van der Waals surface area (Å²) in [5, 5.41) is 3.22. The summed E-state index contributed by atoms with van der Waals surface area (Å²) in [5.74, 6) is 0. The molecule has 0 unspecified atom stereocenters. The van der Waals surface area contributed by atoms with E-state index < -0.39 is 0 Å². The highest BCUT2D eigenvalue weighted by Gasteiger charge is 2.14. The van der Waals surface area contributed by atoms with Gasteiger partial charge in [0.1, 0.15) is 11.2 Å². The summed E-state index contributed by atoms with van der Waals surface area (Å²) < 4.78 is 3.18. The van der Waals surface area contributed by atoms with Crippen molar-refractivity contribution in [3.63, 3.8) is 0 Å². The fourth-order valence-corrected chi connectivity index (χ4v) is 3.08.